The average molecular weight is 327 g/mol. The summed E-state index contributed by atoms with van der Waals surface area (Å²) in [5.41, 5.74) is 3.11. The second kappa shape index (κ2) is 6.26. The number of amides is 1. The van der Waals surface area contributed by atoms with Gasteiger partial charge in [0.05, 0.1) is 12.1 Å². The summed E-state index contributed by atoms with van der Waals surface area (Å²) in [5.74, 6) is 0.933. The molecule has 1 N–H and O–H groups in total. The molecule has 0 aromatic heterocycles. The summed E-state index contributed by atoms with van der Waals surface area (Å²) < 4.78 is 5.12. The monoisotopic (exact) mass is 326 g/mol. The van der Waals surface area contributed by atoms with Gasteiger partial charge in [-0.25, -0.2) is 4.99 Å². The highest BCUT2D eigenvalue weighted by molar-refractivity contribution is 6.32. The minimum absolute atomic E-state index is 0.227. The van der Waals surface area contributed by atoms with E-state index in [-0.39, 0.29) is 5.91 Å². The van der Waals surface area contributed by atoms with Crippen LogP contribution in [0.4, 0.5) is 0 Å². The van der Waals surface area contributed by atoms with Gasteiger partial charge in [-0.1, -0.05) is 41.9 Å². The Morgan fingerprint density at radius 1 is 1.22 bits per heavy atom. The van der Waals surface area contributed by atoms with E-state index in [1.165, 1.54) is 0 Å². The first-order chi connectivity index (χ1) is 11.1. The Morgan fingerprint density at radius 3 is 2.70 bits per heavy atom. The fraction of sp³-hybridized carbons (Fsp3) is 0.111. The topological polar surface area (TPSA) is 50.7 Å². The Hall–Kier alpha value is -2.59. The summed E-state index contributed by atoms with van der Waals surface area (Å²) in [5, 5.41) is 3.29. The fourth-order valence-electron chi connectivity index (χ4n) is 2.37. The normalized spacial score (nSPS) is 15.5. The SMILES string of the molecule is COc1ccc(/C=C2/N=C(c3ccccc3C)NC2=O)cc1Cl. The standard InChI is InChI=1S/C18H15ClN2O2/c1-11-5-3-4-6-13(11)17-20-15(18(22)21-17)10-12-7-8-16(23-2)14(19)9-12/h3-10H,1-2H3,(H,20,21,22)/b15-10+. The van der Waals surface area contributed by atoms with Crippen LogP contribution in [0.15, 0.2) is 53.2 Å². The molecule has 1 amide bonds. The Balaban J connectivity index is 1.95. The molecule has 0 spiro atoms. The Bertz CT molecular complexity index is 841. The third-order valence-corrected chi connectivity index (χ3v) is 3.87. The highest BCUT2D eigenvalue weighted by Crippen LogP contribution is 2.26. The molecular weight excluding hydrogens is 312 g/mol. The molecule has 0 fully saturated rings. The lowest BCUT2D eigenvalue weighted by atomic mass is 10.1. The first-order valence-corrected chi connectivity index (χ1v) is 7.47. The maximum atomic E-state index is 12.1. The number of amidine groups is 1. The molecule has 2 aromatic carbocycles. The fourth-order valence-corrected chi connectivity index (χ4v) is 2.63. The van der Waals surface area contributed by atoms with Gasteiger partial charge in [0.2, 0.25) is 0 Å². The van der Waals surface area contributed by atoms with Gasteiger partial charge in [-0.2, -0.15) is 0 Å². The van der Waals surface area contributed by atoms with Crippen molar-refractivity contribution in [2.75, 3.05) is 7.11 Å². The van der Waals surface area contributed by atoms with E-state index < -0.39 is 0 Å². The third kappa shape index (κ3) is 3.12. The van der Waals surface area contributed by atoms with Crippen LogP contribution in [0, 0.1) is 6.92 Å². The molecule has 1 heterocycles. The first kappa shape index (κ1) is 15.3. The lowest BCUT2D eigenvalue weighted by Gasteiger charge is -2.03. The number of halogens is 1. The van der Waals surface area contributed by atoms with Crippen molar-refractivity contribution < 1.29 is 9.53 Å². The number of hydrogen-bond acceptors (Lipinski definition) is 3. The van der Waals surface area contributed by atoms with Crippen LogP contribution in [-0.2, 0) is 4.79 Å². The van der Waals surface area contributed by atoms with Crippen LogP contribution in [0.3, 0.4) is 0 Å². The second-order valence-electron chi connectivity index (χ2n) is 5.15. The summed E-state index contributed by atoms with van der Waals surface area (Å²) in [6.45, 7) is 1.98. The van der Waals surface area contributed by atoms with E-state index in [0.717, 1.165) is 16.7 Å². The zero-order valence-electron chi connectivity index (χ0n) is 12.8. The molecule has 116 valence electrons. The Labute approximate surface area is 139 Å². The van der Waals surface area contributed by atoms with Crippen molar-refractivity contribution in [2.24, 2.45) is 4.99 Å². The maximum Gasteiger partial charge on any atom is 0.275 e. The third-order valence-electron chi connectivity index (χ3n) is 3.58. The van der Waals surface area contributed by atoms with Crippen molar-refractivity contribution in [2.45, 2.75) is 6.92 Å². The Morgan fingerprint density at radius 2 is 2.00 bits per heavy atom. The number of rotatable bonds is 3. The van der Waals surface area contributed by atoms with E-state index in [9.17, 15) is 4.79 Å². The molecule has 5 heteroatoms. The number of aryl methyl sites for hydroxylation is 1. The number of carbonyl (C=O) groups is 1. The van der Waals surface area contributed by atoms with E-state index in [0.29, 0.717) is 22.3 Å². The molecule has 0 aliphatic carbocycles. The quantitative estimate of drug-likeness (QED) is 0.877. The van der Waals surface area contributed by atoms with Crippen molar-refractivity contribution in [1.82, 2.24) is 5.32 Å². The number of hydrogen-bond donors (Lipinski definition) is 1. The van der Waals surface area contributed by atoms with Gasteiger partial charge in [0.25, 0.3) is 5.91 Å². The van der Waals surface area contributed by atoms with Crippen molar-refractivity contribution in [3.8, 4) is 5.75 Å². The molecule has 1 aliphatic heterocycles. The van der Waals surface area contributed by atoms with Gasteiger partial charge >= 0.3 is 0 Å². The summed E-state index contributed by atoms with van der Waals surface area (Å²) in [6.07, 6.45) is 1.70. The van der Waals surface area contributed by atoms with Gasteiger partial charge in [0, 0.05) is 5.56 Å². The summed E-state index contributed by atoms with van der Waals surface area (Å²) in [6, 6.07) is 13.1. The van der Waals surface area contributed by atoms with E-state index in [2.05, 4.69) is 10.3 Å². The van der Waals surface area contributed by atoms with Crippen molar-refractivity contribution in [1.29, 1.82) is 0 Å². The minimum atomic E-state index is -0.227. The number of ether oxygens (including phenoxy) is 1. The molecule has 2 aromatic rings. The average Bonchev–Trinajstić information content (AvgIpc) is 2.89. The van der Waals surface area contributed by atoms with Crippen LogP contribution in [0.2, 0.25) is 5.02 Å². The molecule has 0 atom stereocenters. The lowest BCUT2D eigenvalue weighted by Crippen LogP contribution is -2.25. The highest BCUT2D eigenvalue weighted by Gasteiger charge is 2.22. The smallest absolute Gasteiger partial charge is 0.275 e. The highest BCUT2D eigenvalue weighted by atomic mass is 35.5. The van der Waals surface area contributed by atoms with Crippen LogP contribution in [0.1, 0.15) is 16.7 Å². The molecule has 0 radical (unpaired) electrons. The summed E-state index contributed by atoms with van der Waals surface area (Å²) >= 11 is 6.11. The lowest BCUT2D eigenvalue weighted by molar-refractivity contribution is -0.115. The van der Waals surface area contributed by atoms with Gasteiger partial charge in [0.1, 0.15) is 17.3 Å². The Kier molecular flexibility index (Phi) is 4.17. The predicted molar refractivity (Wildman–Crippen MR) is 91.8 cm³/mol. The number of nitrogens with zero attached hydrogens (tertiary/aromatic N) is 1. The number of methoxy groups -OCH3 is 1. The van der Waals surface area contributed by atoms with Crippen LogP contribution < -0.4 is 10.1 Å². The van der Waals surface area contributed by atoms with Crippen molar-refractivity contribution >= 4 is 29.4 Å². The first-order valence-electron chi connectivity index (χ1n) is 7.10. The number of aliphatic imine (C=N–C) groups is 1. The van der Waals surface area contributed by atoms with Gasteiger partial charge in [-0.3, -0.25) is 4.79 Å². The zero-order chi connectivity index (χ0) is 16.4. The van der Waals surface area contributed by atoms with E-state index in [4.69, 9.17) is 16.3 Å². The number of nitrogens with one attached hydrogen (secondary N) is 1. The predicted octanol–water partition coefficient (Wildman–Crippen LogP) is 3.57. The van der Waals surface area contributed by atoms with Crippen LogP contribution in [0.25, 0.3) is 6.08 Å². The second-order valence-corrected chi connectivity index (χ2v) is 5.56. The molecule has 3 rings (SSSR count). The summed E-state index contributed by atoms with van der Waals surface area (Å²) in [4.78, 5) is 16.5. The van der Waals surface area contributed by atoms with Gasteiger partial charge in [0.15, 0.2) is 0 Å². The minimum Gasteiger partial charge on any atom is -0.495 e. The molecule has 0 bridgehead atoms. The van der Waals surface area contributed by atoms with Crippen LogP contribution >= 0.6 is 11.6 Å². The zero-order valence-corrected chi connectivity index (χ0v) is 13.5. The van der Waals surface area contributed by atoms with E-state index >= 15 is 0 Å². The van der Waals surface area contributed by atoms with Gasteiger partial charge in [-0.05, 0) is 36.3 Å². The van der Waals surface area contributed by atoms with Gasteiger partial charge < -0.3 is 10.1 Å². The van der Waals surface area contributed by atoms with E-state index in [1.54, 1.807) is 25.3 Å². The molecule has 0 saturated carbocycles. The number of carbonyl (C=O) groups excluding carboxylic acids is 1. The van der Waals surface area contributed by atoms with Crippen LogP contribution in [-0.4, -0.2) is 18.9 Å². The molecule has 23 heavy (non-hydrogen) atoms. The van der Waals surface area contributed by atoms with Crippen molar-refractivity contribution in [3.05, 3.63) is 69.9 Å². The molecule has 4 nitrogen and oxygen atoms in total. The van der Waals surface area contributed by atoms with Crippen LogP contribution in [0.5, 0.6) is 5.75 Å². The number of benzene rings is 2. The van der Waals surface area contributed by atoms with Crippen molar-refractivity contribution in [3.63, 3.8) is 0 Å². The van der Waals surface area contributed by atoms with Gasteiger partial charge in [-0.15, -0.1) is 0 Å². The molecule has 1 aliphatic rings. The largest absolute Gasteiger partial charge is 0.495 e. The molecule has 0 unspecified atom stereocenters. The van der Waals surface area contributed by atoms with E-state index in [1.807, 2.05) is 37.3 Å². The molecular formula is C18H15ClN2O2. The summed E-state index contributed by atoms with van der Waals surface area (Å²) in [7, 11) is 1.56. The molecule has 0 saturated heterocycles. The maximum absolute atomic E-state index is 12.1.